The van der Waals surface area contributed by atoms with Gasteiger partial charge in [0.2, 0.25) is 0 Å². The highest BCUT2D eigenvalue weighted by atomic mass is 16.5. The summed E-state index contributed by atoms with van der Waals surface area (Å²) in [6.45, 7) is 3.04. The quantitative estimate of drug-likeness (QED) is 0.799. The number of pyridine rings is 1. The molecule has 0 bridgehead atoms. The van der Waals surface area contributed by atoms with Crippen LogP contribution < -0.4 is 4.74 Å². The first-order valence-corrected chi connectivity index (χ1v) is 8.13. The van der Waals surface area contributed by atoms with Gasteiger partial charge in [0.05, 0.1) is 25.7 Å². The molecule has 0 N–H and O–H groups in total. The number of hydrogen-bond acceptors (Lipinski definition) is 5. The summed E-state index contributed by atoms with van der Waals surface area (Å²) in [7, 11) is 0. The Morgan fingerprint density at radius 3 is 2.83 bits per heavy atom. The van der Waals surface area contributed by atoms with Gasteiger partial charge in [0.15, 0.2) is 0 Å². The van der Waals surface area contributed by atoms with E-state index in [4.69, 9.17) is 14.2 Å². The van der Waals surface area contributed by atoms with Crippen LogP contribution in [0.1, 0.15) is 31.2 Å². The van der Waals surface area contributed by atoms with E-state index in [2.05, 4.69) is 4.98 Å². The Bertz CT molecular complexity index is 549. The van der Waals surface area contributed by atoms with Gasteiger partial charge in [-0.05, 0) is 30.5 Å². The van der Waals surface area contributed by atoms with Crippen molar-refractivity contribution in [2.45, 2.75) is 31.8 Å². The van der Waals surface area contributed by atoms with Crippen molar-refractivity contribution in [2.24, 2.45) is 0 Å². The molecule has 2 saturated heterocycles. The monoisotopic (exact) mass is 318 g/mol. The summed E-state index contributed by atoms with van der Waals surface area (Å²) in [6.07, 6.45) is 10.3. The summed E-state index contributed by atoms with van der Waals surface area (Å²) < 4.78 is 16.4. The molecule has 0 aromatic carbocycles. The molecule has 1 amide bonds. The molecule has 1 aromatic rings. The zero-order chi connectivity index (χ0) is 15.9. The van der Waals surface area contributed by atoms with Crippen molar-refractivity contribution in [3.8, 4) is 5.75 Å². The molecular formula is C17H22N2O4. The van der Waals surface area contributed by atoms with Crippen molar-refractivity contribution < 1.29 is 19.0 Å². The highest BCUT2D eigenvalue weighted by molar-refractivity contribution is 5.69. The molecule has 3 heterocycles. The summed E-state index contributed by atoms with van der Waals surface area (Å²) >= 11 is 0. The van der Waals surface area contributed by atoms with Gasteiger partial charge in [-0.2, -0.15) is 0 Å². The van der Waals surface area contributed by atoms with E-state index < -0.39 is 0 Å². The van der Waals surface area contributed by atoms with Crippen molar-refractivity contribution in [3.05, 3.63) is 30.3 Å². The molecule has 0 saturated carbocycles. The van der Waals surface area contributed by atoms with E-state index in [1.54, 1.807) is 23.4 Å². The molecule has 2 aliphatic rings. The zero-order valence-corrected chi connectivity index (χ0v) is 13.1. The molecule has 3 rings (SSSR count). The minimum Gasteiger partial charge on any atom is -0.489 e. The van der Waals surface area contributed by atoms with Gasteiger partial charge < -0.3 is 19.1 Å². The zero-order valence-electron chi connectivity index (χ0n) is 13.1. The van der Waals surface area contributed by atoms with Crippen molar-refractivity contribution in [1.82, 2.24) is 9.88 Å². The first-order chi connectivity index (χ1) is 11.3. The van der Waals surface area contributed by atoms with Gasteiger partial charge in [-0.3, -0.25) is 4.98 Å². The predicted molar refractivity (Wildman–Crippen MR) is 85.0 cm³/mol. The summed E-state index contributed by atoms with van der Waals surface area (Å²) in [5, 5.41) is 0. The van der Waals surface area contributed by atoms with E-state index in [1.165, 1.54) is 6.26 Å². The number of carbonyl (C=O) groups excluding carboxylic acids is 1. The van der Waals surface area contributed by atoms with E-state index in [-0.39, 0.29) is 12.2 Å². The lowest BCUT2D eigenvalue weighted by molar-refractivity contribution is 0.0254. The SMILES string of the molecule is O=C(OC=Cc1cncc(OC2CCOCC2)c1)N1CCCC1. The first-order valence-electron chi connectivity index (χ1n) is 8.13. The Morgan fingerprint density at radius 2 is 2.04 bits per heavy atom. The van der Waals surface area contributed by atoms with Crippen LogP contribution in [0, 0.1) is 0 Å². The van der Waals surface area contributed by atoms with E-state index in [0.717, 1.165) is 63.3 Å². The van der Waals surface area contributed by atoms with E-state index >= 15 is 0 Å². The molecule has 6 nitrogen and oxygen atoms in total. The maximum atomic E-state index is 11.8. The Labute approximate surface area is 136 Å². The molecule has 0 atom stereocenters. The number of hydrogen-bond donors (Lipinski definition) is 0. The van der Waals surface area contributed by atoms with Crippen molar-refractivity contribution in [2.75, 3.05) is 26.3 Å². The minimum atomic E-state index is -0.290. The minimum absolute atomic E-state index is 0.178. The van der Waals surface area contributed by atoms with Gasteiger partial charge in [-0.1, -0.05) is 0 Å². The van der Waals surface area contributed by atoms with Crippen LogP contribution in [0.5, 0.6) is 5.75 Å². The molecule has 0 unspecified atom stereocenters. The summed E-state index contributed by atoms with van der Waals surface area (Å²) in [6, 6.07) is 1.89. The standard InChI is InChI=1S/C17H22N2O4/c20-17(19-6-1-2-7-19)22-10-3-14-11-16(13-18-12-14)23-15-4-8-21-9-5-15/h3,10-13,15H,1-2,4-9H2. The summed E-state index contributed by atoms with van der Waals surface area (Å²) in [5.41, 5.74) is 0.837. The fourth-order valence-electron chi connectivity index (χ4n) is 2.72. The molecule has 0 radical (unpaired) electrons. The van der Waals surface area contributed by atoms with Gasteiger partial charge in [0, 0.05) is 32.1 Å². The van der Waals surface area contributed by atoms with Crippen LogP contribution in [0.25, 0.3) is 6.08 Å². The lowest BCUT2D eigenvalue weighted by atomic mass is 10.1. The average molecular weight is 318 g/mol. The molecule has 124 valence electrons. The Morgan fingerprint density at radius 1 is 1.26 bits per heavy atom. The summed E-state index contributed by atoms with van der Waals surface area (Å²) in [5.74, 6) is 0.727. The second-order valence-electron chi connectivity index (χ2n) is 5.76. The topological polar surface area (TPSA) is 60.9 Å². The van der Waals surface area contributed by atoms with Gasteiger partial charge in [-0.25, -0.2) is 4.79 Å². The van der Waals surface area contributed by atoms with Gasteiger partial charge in [0.25, 0.3) is 0 Å². The maximum absolute atomic E-state index is 11.8. The molecule has 23 heavy (non-hydrogen) atoms. The molecule has 2 aliphatic heterocycles. The normalized spacial score (nSPS) is 19.2. The van der Waals surface area contributed by atoms with Crippen LogP contribution in [0.4, 0.5) is 4.79 Å². The Hall–Kier alpha value is -2.08. The average Bonchev–Trinajstić information content (AvgIpc) is 3.11. The van der Waals surface area contributed by atoms with Crippen molar-refractivity contribution in [3.63, 3.8) is 0 Å². The van der Waals surface area contributed by atoms with Crippen LogP contribution in [0.15, 0.2) is 24.7 Å². The largest absolute Gasteiger partial charge is 0.489 e. The fraction of sp³-hybridized carbons (Fsp3) is 0.529. The van der Waals surface area contributed by atoms with Crippen LogP contribution in [0.3, 0.4) is 0 Å². The highest BCUT2D eigenvalue weighted by Gasteiger charge is 2.18. The Kier molecular flexibility index (Phi) is 5.47. The lowest BCUT2D eigenvalue weighted by Gasteiger charge is -2.23. The smallest absolute Gasteiger partial charge is 0.414 e. The third-order valence-corrected chi connectivity index (χ3v) is 4.00. The van der Waals surface area contributed by atoms with Gasteiger partial charge in [-0.15, -0.1) is 0 Å². The van der Waals surface area contributed by atoms with Crippen LogP contribution in [-0.2, 0) is 9.47 Å². The second-order valence-corrected chi connectivity index (χ2v) is 5.76. The van der Waals surface area contributed by atoms with Crippen LogP contribution in [-0.4, -0.2) is 48.4 Å². The first kappa shape index (κ1) is 15.8. The van der Waals surface area contributed by atoms with Crippen LogP contribution in [0.2, 0.25) is 0 Å². The van der Waals surface area contributed by atoms with Crippen molar-refractivity contribution in [1.29, 1.82) is 0 Å². The highest BCUT2D eigenvalue weighted by Crippen LogP contribution is 2.19. The number of rotatable bonds is 4. The molecular weight excluding hydrogens is 296 g/mol. The van der Waals surface area contributed by atoms with E-state index in [1.807, 2.05) is 6.07 Å². The fourth-order valence-corrected chi connectivity index (χ4v) is 2.72. The maximum Gasteiger partial charge on any atom is 0.414 e. The predicted octanol–water partition coefficient (Wildman–Crippen LogP) is 2.84. The number of aromatic nitrogens is 1. The number of carbonyl (C=O) groups is 1. The molecule has 1 aromatic heterocycles. The number of likely N-dealkylation sites (tertiary alicyclic amines) is 1. The third-order valence-electron chi connectivity index (χ3n) is 4.00. The van der Waals surface area contributed by atoms with E-state index in [9.17, 15) is 4.79 Å². The third kappa shape index (κ3) is 4.69. The van der Waals surface area contributed by atoms with E-state index in [0.29, 0.717) is 0 Å². The Balaban J connectivity index is 1.52. The summed E-state index contributed by atoms with van der Waals surface area (Å²) in [4.78, 5) is 17.6. The lowest BCUT2D eigenvalue weighted by Crippen LogP contribution is -2.26. The molecule has 0 spiro atoms. The molecule has 6 heteroatoms. The number of ether oxygens (including phenoxy) is 3. The molecule has 2 fully saturated rings. The van der Waals surface area contributed by atoms with Gasteiger partial charge >= 0.3 is 6.09 Å². The van der Waals surface area contributed by atoms with Crippen LogP contribution >= 0.6 is 0 Å². The van der Waals surface area contributed by atoms with Crippen molar-refractivity contribution >= 4 is 12.2 Å². The second kappa shape index (κ2) is 7.97. The molecule has 0 aliphatic carbocycles. The number of nitrogens with zero attached hydrogens (tertiary/aromatic N) is 2. The van der Waals surface area contributed by atoms with Gasteiger partial charge in [0.1, 0.15) is 11.9 Å². The number of amides is 1.